The van der Waals surface area contributed by atoms with Crippen molar-refractivity contribution in [1.82, 2.24) is 0 Å². The second-order valence-corrected chi connectivity index (χ2v) is 10.5. The van der Waals surface area contributed by atoms with Gasteiger partial charge in [0.1, 0.15) is 11.9 Å². The molecule has 1 N–H and O–H groups in total. The Morgan fingerprint density at radius 1 is 1.29 bits per heavy atom. The van der Waals surface area contributed by atoms with E-state index in [0.29, 0.717) is 30.6 Å². The van der Waals surface area contributed by atoms with Crippen LogP contribution in [0.25, 0.3) is 0 Å². The van der Waals surface area contributed by atoms with Crippen LogP contribution < -0.4 is 0 Å². The molecule has 0 aromatic rings. The summed E-state index contributed by atoms with van der Waals surface area (Å²) in [7, 11) is 0. The Balaban J connectivity index is 1.50. The van der Waals surface area contributed by atoms with E-state index in [9.17, 15) is 9.90 Å². The Morgan fingerprint density at radius 3 is 2.77 bits per heavy atom. The van der Waals surface area contributed by atoms with Crippen molar-refractivity contribution < 1.29 is 29.1 Å². The summed E-state index contributed by atoms with van der Waals surface area (Å²) in [5, 5.41) is 11.3. The minimum absolute atomic E-state index is 0.0462. The maximum absolute atomic E-state index is 11.6. The maximum Gasteiger partial charge on any atom is 0.302 e. The summed E-state index contributed by atoms with van der Waals surface area (Å²) in [6, 6.07) is 0. The number of carbonyl (C=O) groups excluding carboxylic acids is 1. The molecule has 4 rings (SSSR count). The third-order valence-corrected chi connectivity index (χ3v) is 8.63. The Bertz CT molecular complexity index is 746. The lowest BCUT2D eigenvalue weighted by Crippen LogP contribution is -2.57. The summed E-state index contributed by atoms with van der Waals surface area (Å²) in [5.74, 6) is 1.24. The molecule has 174 valence electrons. The highest BCUT2D eigenvalue weighted by Crippen LogP contribution is 2.64. The molecule has 0 spiro atoms. The molecule has 2 saturated carbocycles. The summed E-state index contributed by atoms with van der Waals surface area (Å²) in [6.07, 6.45) is 7.20. The number of esters is 1. The zero-order valence-corrected chi connectivity index (χ0v) is 19.4. The van der Waals surface area contributed by atoms with Crippen LogP contribution in [0.5, 0.6) is 0 Å². The molecule has 3 aliphatic carbocycles. The molecule has 0 aromatic heterocycles. The Hall–Kier alpha value is -1.37. The lowest BCUT2D eigenvalue weighted by Gasteiger charge is -2.58. The molecule has 0 radical (unpaired) electrons. The molecule has 4 aliphatic rings. The number of hydrogen-bond donors (Lipinski definition) is 1. The first-order valence-corrected chi connectivity index (χ1v) is 11.9. The molecule has 3 unspecified atom stereocenters. The number of carbonyl (C=O) groups is 1. The Morgan fingerprint density at radius 2 is 2.06 bits per heavy atom. The van der Waals surface area contributed by atoms with Crippen LogP contribution in [0, 0.1) is 28.6 Å². The summed E-state index contributed by atoms with van der Waals surface area (Å²) < 4.78 is 11.8. The van der Waals surface area contributed by atoms with E-state index in [0.717, 1.165) is 38.5 Å². The molecule has 6 heteroatoms. The molecular formula is C25H38O6. The molecular weight excluding hydrogens is 396 g/mol. The minimum Gasteiger partial charge on any atom is -0.462 e. The van der Waals surface area contributed by atoms with Gasteiger partial charge in [-0.2, -0.15) is 4.89 Å². The maximum atomic E-state index is 11.6. The first-order chi connectivity index (χ1) is 14.7. The lowest BCUT2D eigenvalue weighted by atomic mass is 9.49. The highest BCUT2D eigenvalue weighted by atomic mass is 17.2. The number of ether oxygens (including phenoxy) is 2. The predicted octanol–water partition coefficient (Wildman–Crippen LogP) is 4.68. The van der Waals surface area contributed by atoms with Gasteiger partial charge in [-0.15, -0.1) is 0 Å². The second-order valence-electron chi connectivity index (χ2n) is 10.5. The predicted molar refractivity (Wildman–Crippen MR) is 115 cm³/mol. The molecule has 6 nitrogen and oxygen atoms in total. The number of rotatable bonds is 6. The molecule has 0 amide bonds. The smallest absolute Gasteiger partial charge is 0.302 e. The zero-order valence-electron chi connectivity index (χ0n) is 19.4. The van der Waals surface area contributed by atoms with Gasteiger partial charge in [0.25, 0.3) is 0 Å². The second kappa shape index (κ2) is 8.53. The third kappa shape index (κ3) is 3.96. The number of aliphatic hydroxyl groups excluding tert-OH is 1. The van der Waals surface area contributed by atoms with Crippen LogP contribution in [-0.2, 0) is 24.0 Å². The molecule has 1 aliphatic heterocycles. The van der Waals surface area contributed by atoms with Gasteiger partial charge in [-0.05, 0) is 49.9 Å². The fourth-order valence-electron chi connectivity index (χ4n) is 7.02. The zero-order chi connectivity index (χ0) is 22.4. The normalized spacial score (nSPS) is 43.8. The highest BCUT2D eigenvalue weighted by Gasteiger charge is 2.62. The van der Waals surface area contributed by atoms with Crippen molar-refractivity contribution in [1.29, 1.82) is 0 Å². The van der Waals surface area contributed by atoms with Crippen molar-refractivity contribution >= 4 is 5.97 Å². The largest absolute Gasteiger partial charge is 0.462 e. The van der Waals surface area contributed by atoms with Gasteiger partial charge in [0.05, 0.1) is 12.7 Å². The Kier molecular flexibility index (Phi) is 6.27. The first kappa shape index (κ1) is 22.8. The molecule has 0 bridgehead atoms. The van der Waals surface area contributed by atoms with E-state index in [1.54, 1.807) is 0 Å². The van der Waals surface area contributed by atoms with E-state index in [-0.39, 0.29) is 28.8 Å². The molecule has 1 heterocycles. The van der Waals surface area contributed by atoms with Crippen molar-refractivity contribution in [3.8, 4) is 0 Å². The van der Waals surface area contributed by atoms with Gasteiger partial charge in [-0.3, -0.25) is 4.79 Å². The fraction of sp³-hybridized carbons (Fsp3) is 0.800. The first-order valence-electron chi connectivity index (χ1n) is 11.9. The van der Waals surface area contributed by atoms with Crippen LogP contribution in [0.15, 0.2) is 24.0 Å². The van der Waals surface area contributed by atoms with Crippen LogP contribution in [0.3, 0.4) is 0 Å². The van der Waals surface area contributed by atoms with E-state index < -0.39 is 12.4 Å². The van der Waals surface area contributed by atoms with Gasteiger partial charge >= 0.3 is 5.97 Å². The summed E-state index contributed by atoms with van der Waals surface area (Å²) in [6.45, 7) is 12.5. The molecule has 1 saturated heterocycles. The van der Waals surface area contributed by atoms with Crippen molar-refractivity contribution in [2.45, 2.75) is 91.1 Å². The van der Waals surface area contributed by atoms with Crippen molar-refractivity contribution in [2.24, 2.45) is 28.6 Å². The lowest BCUT2D eigenvalue weighted by molar-refractivity contribution is -0.368. The molecule has 0 aromatic carbocycles. The molecule has 31 heavy (non-hydrogen) atoms. The average Bonchev–Trinajstić information content (AvgIpc) is 3.03. The average molecular weight is 435 g/mol. The topological polar surface area (TPSA) is 74.2 Å². The van der Waals surface area contributed by atoms with Gasteiger partial charge in [0.2, 0.25) is 6.29 Å². The van der Waals surface area contributed by atoms with Crippen LogP contribution >= 0.6 is 0 Å². The van der Waals surface area contributed by atoms with Gasteiger partial charge in [0, 0.05) is 30.6 Å². The van der Waals surface area contributed by atoms with Gasteiger partial charge < -0.3 is 19.5 Å². The van der Waals surface area contributed by atoms with Gasteiger partial charge in [-0.25, -0.2) is 0 Å². The van der Waals surface area contributed by atoms with Crippen molar-refractivity contribution in [3.63, 3.8) is 0 Å². The Labute approximate surface area is 185 Å². The van der Waals surface area contributed by atoms with Gasteiger partial charge in [-0.1, -0.05) is 39.0 Å². The number of fused-ring (bicyclic) bond motifs is 5. The quantitative estimate of drug-likeness (QED) is 0.215. The van der Waals surface area contributed by atoms with E-state index in [2.05, 4.69) is 27.4 Å². The summed E-state index contributed by atoms with van der Waals surface area (Å²) >= 11 is 0. The van der Waals surface area contributed by atoms with Crippen LogP contribution in [0.2, 0.25) is 0 Å². The van der Waals surface area contributed by atoms with Crippen LogP contribution in [0.1, 0.15) is 72.6 Å². The molecule has 3 fully saturated rings. The van der Waals surface area contributed by atoms with Crippen molar-refractivity contribution in [3.05, 3.63) is 24.0 Å². The SMILES string of the molecule is C=C(CCC)OO[C@@H]1CC2=C[C@H](O)C3C(CC[C@@]4(C)C3CC[C@@H]4OC(C)=O)[C@@]2(C)CO1. The van der Waals surface area contributed by atoms with Crippen LogP contribution in [-0.4, -0.2) is 36.2 Å². The summed E-state index contributed by atoms with van der Waals surface area (Å²) in [5.41, 5.74) is 1.02. The standard InChI is InChI=1S/C25H38O6/c1-6-7-15(2)30-31-22-13-17-12-20(27)23-18-8-9-21(29-16(3)26)24(18,4)11-10-19(23)25(17,5)14-28-22/h12,18-23,27H,2,6-11,13-14H2,1,3-5H3/t18?,19?,20-,21-,22+,23?,24-,25-/m0/s1. The van der Waals surface area contributed by atoms with Gasteiger partial charge in [0.15, 0.2) is 0 Å². The summed E-state index contributed by atoms with van der Waals surface area (Å²) in [4.78, 5) is 22.5. The van der Waals surface area contributed by atoms with Crippen LogP contribution in [0.4, 0.5) is 0 Å². The monoisotopic (exact) mass is 434 g/mol. The number of aliphatic hydroxyl groups is 1. The van der Waals surface area contributed by atoms with E-state index >= 15 is 0 Å². The highest BCUT2D eigenvalue weighted by molar-refractivity contribution is 5.66. The third-order valence-electron chi connectivity index (χ3n) is 8.63. The minimum atomic E-state index is -0.497. The van der Waals surface area contributed by atoms with Crippen molar-refractivity contribution in [2.75, 3.05) is 6.61 Å². The molecule has 8 atom stereocenters. The van der Waals surface area contributed by atoms with E-state index in [4.69, 9.17) is 19.2 Å². The van der Waals surface area contributed by atoms with E-state index in [1.165, 1.54) is 12.5 Å². The number of hydrogen-bond acceptors (Lipinski definition) is 6. The fourth-order valence-corrected chi connectivity index (χ4v) is 7.02. The van der Waals surface area contributed by atoms with E-state index in [1.807, 2.05) is 6.08 Å². The number of allylic oxidation sites excluding steroid dienone is 1.